The largest absolute Gasteiger partial charge is 0.390 e. The molecule has 4 nitrogen and oxygen atoms in total. The molecule has 1 aromatic carbocycles. The average Bonchev–Trinajstić information content (AvgIpc) is 2.32. The van der Waals surface area contributed by atoms with E-state index in [0.29, 0.717) is 0 Å². The Morgan fingerprint density at radius 2 is 2.24 bits per heavy atom. The van der Waals surface area contributed by atoms with E-state index in [-0.39, 0.29) is 11.4 Å². The molecule has 3 N–H and O–H groups in total. The van der Waals surface area contributed by atoms with E-state index in [1.54, 1.807) is 0 Å². The van der Waals surface area contributed by atoms with Crippen LogP contribution in [-0.2, 0) is 0 Å². The molecule has 0 saturated carbocycles. The first-order valence-corrected chi connectivity index (χ1v) is 4.60. The average molecular weight is 245 g/mol. The molecular formula is C10H10F3N3O. The molecule has 7 heteroatoms. The maximum atomic E-state index is 12.9. The van der Waals surface area contributed by atoms with E-state index in [4.69, 9.17) is 10.6 Å². The van der Waals surface area contributed by atoms with E-state index >= 15 is 0 Å². The molecule has 0 amide bonds. The molecular weight excluding hydrogens is 235 g/mol. The van der Waals surface area contributed by atoms with Crippen LogP contribution in [0.4, 0.5) is 18.9 Å². The summed E-state index contributed by atoms with van der Waals surface area (Å²) >= 11 is 0. The summed E-state index contributed by atoms with van der Waals surface area (Å²) in [6, 6.07) is 3.13. The SMILES string of the molecule is N=N/C(=C\Nc1ccc(F)c(C(F)F)c1)CO. The zero-order valence-electron chi connectivity index (χ0n) is 8.62. The van der Waals surface area contributed by atoms with Crippen molar-refractivity contribution < 1.29 is 18.3 Å². The fraction of sp³-hybridized carbons (Fsp3) is 0.200. The van der Waals surface area contributed by atoms with Gasteiger partial charge in [-0.3, -0.25) is 0 Å². The highest BCUT2D eigenvalue weighted by molar-refractivity contribution is 5.49. The van der Waals surface area contributed by atoms with Crippen LogP contribution in [0.1, 0.15) is 12.0 Å². The number of hydrogen-bond acceptors (Lipinski definition) is 4. The Morgan fingerprint density at radius 1 is 1.53 bits per heavy atom. The van der Waals surface area contributed by atoms with Gasteiger partial charge in [-0.1, -0.05) is 0 Å². The number of aliphatic hydroxyl groups is 1. The topological polar surface area (TPSA) is 68.5 Å². The summed E-state index contributed by atoms with van der Waals surface area (Å²) in [4.78, 5) is 0. The van der Waals surface area contributed by atoms with E-state index in [2.05, 4.69) is 10.4 Å². The van der Waals surface area contributed by atoms with Crippen LogP contribution in [0.15, 0.2) is 35.2 Å². The molecule has 0 saturated heterocycles. The smallest absolute Gasteiger partial charge is 0.266 e. The predicted octanol–water partition coefficient (Wildman–Crippen LogP) is 3.04. The van der Waals surface area contributed by atoms with Gasteiger partial charge in [-0.2, -0.15) is 5.11 Å². The summed E-state index contributed by atoms with van der Waals surface area (Å²) < 4.78 is 37.7. The molecule has 0 bridgehead atoms. The van der Waals surface area contributed by atoms with Gasteiger partial charge in [0.05, 0.1) is 12.2 Å². The lowest BCUT2D eigenvalue weighted by atomic mass is 10.2. The van der Waals surface area contributed by atoms with Gasteiger partial charge < -0.3 is 10.4 Å². The van der Waals surface area contributed by atoms with Crippen LogP contribution in [0.2, 0.25) is 0 Å². The van der Waals surface area contributed by atoms with Crippen LogP contribution < -0.4 is 5.32 Å². The standard InChI is InChI=1S/C10H10F3N3O/c11-9-2-1-6(3-8(9)10(12)13)15-4-7(5-17)16-14/h1-4,10,14-15,17H,5H2/b7-4-,16-14?. The van der Waals surface area contributed by atoms with Gasteiger partial charge in [0, 0.05) is 11.9 Å². The third kappa shape index (κ3) is 3.56. The molecule has 0 aliphatic carbocycles. The molecule has 0 atom stereocenters. The normalized spacial score (nSPS) is 11.7. The molecule has 1 rings (SSSR count). The second kappa shape index (κ2) is 6.00. The number of rotatable bonds is 5. The summed E-state index contributed by atoms with van der Waals surface area (Å²) in [7, 11) is 0. The van der Waals surface area contributed by atoms with E-state index in [1.165, 1.54) is 12.3 Å². The molecule has 0 radical (unpaired) electrons. The summed E-state index contributed by atoms with van der Waals surface area (Å²) in [5.41, 5.74) is 6.18. The van der Waals surface area contributed by atoms with E-state index in [9.17, 15) is 13.2 Å². The second-order valence-electron chi connectivity index (χ2n) is 3.09. The van der Waals surface area contributed by atoms with Crippen LogP contribution in [0.3, 0.4) is 0 Å². The number of halogens is 3. The minimum atomic E-state index is -2.90. The third-order valence-corrected chi connectivity index (χ3v) is 1.94. The quantitative estimate of drug-likeness (QED) is 0.698. The van der Waals surface area contributed by atoms with Gasteiger partial charge in [0.1, 0.15) is 11.5 Å². The van der Waals surface area contributed by atoms with Crippen LogP contribution >= 0.6 is 0 Å². The Balaban J connectivity index is 2.89. The number of anilines is 1. The van der Waals surface area contributed by atoms with Crippen LogP contribution in [0.25, 0.3) is 0 Å². The number of aliphatic hydroxyl groups excluding tert-OH is 1. The molecule has 0 aliphatic heterocycles. The number of alkyl halides is 2. The van der Waals surface area contributed by atoms with Gasteiger partial charge in [-0.05, 0) is 18.2 Å². The summed E-state index contributed by atoms with van der Waals surface area (Å²) in [6.45, 7) is -0.459. The molecule has 0 unspecified atom stereocenters. The number of benzene rings is 1. The fourth-order valence-electron chi connectivity index (χ4n) is 1.08. The lowest BCUT2D eigenvalue weighted by molar-refractivity contribution is 0.146. The first kappa shape index (κ1) is 13.2. The molecule has 1 aromatic rings. The first-order valence-electron chi connectivity index (χ1n) is 4.60. The molecule has 17 heavy (non-hydrogen) atoms. The summed E-state index contributed by atoms with van der Waals surface area (Å²) in [5.74, 6) is -0.984. The highest BCUT2D eigenvalue weighted by atomic mass is 19.3. The Labute approximate surface area is 95.3 Å². The minimum Gasteiger partial charge on any atom is -0.390 e. The highest BCUT2D eigenvalue weighted by Gasteiger charge is 2.13. The third-order valence-electron chi connectivity index (χ3n) is 1.94. The van der Waals surface area contributed by atoms with Gasteiger partial charge in [-0.25, -0.2) is 18.7 Å². The van der Waals surface area contributed by atoms with Crippen molar-refractivity contribution in [2.24, 2.45) is 5.11 Å². The fourth-order valence-corrected chi connectivity index (χ4v) is 1.08. The summed E-state index contributed by atoms with van der Waals surface area (Å²) in [5, 5.41) is 14.2. The van der Waals surface area contributed by atoms with Crippen molar-refractivity contribution >= 4 is 5.69 Å². The number of nitrogens with one attached hydrogen (secondary N) is 2. The molecule has 0 heterocycles. The van der Waals surface area contributed by atoms with Crippen molar-refractivity contribution in [1.82, 2.24) is 0 Å². The van der Waals surface area contributed by atoms with E-state index < -0.39 is 24.4 Å². The van der Waals surface area contributed by atoms with E-state index in [1.807, 2.05) is 0 Å². The molecule has 0 aromatic heterocycles. The molecule has 0 aliphatic rings. The van der Waals surface area contributed by atoms with E-state index in [0.717, 1.165) is 12.1 Å². The van der Waals surface area contributed by atoms with Crippen molar-refractivity contribution in [3.63, 3.8) is 0 Å². The Kier molecular flexibility index (Phi) is 4.65. The van der Waals surface area contributed by atoms with Crippen LogP contribution in [-0.4, -0.2) is 11.7 Å². The zero-order valence-corrected chi connectivity index (χ0v) is 8.62. The zero-order chi connectivity index (χ0) is 12.8. The second-order valence-corrected chi connectivity index (χ2v) is 3.09. The maximum Gasteiger partial charge on any atom is 0.266 e. The monoisotopic (exact) mass is 245 g/mol. The lowest BCUT2D eigenvalue weighted by Crippen LogP contribution is -1.96. The predicted molar refractivity (Wildman–Crippen MR) is 55.3 cm³/mol. The lowest BCUT2D eigenvalue weighted by Gasteiger charge is -2.06. The van der Waals surface area contributed by atoms with Crippen molar-refractivity contribution in [1.29, 1.82) is 5.53 Å². The van der Waals surface area contributed by atoms with Crippen molar-refractivity contribution in [3.05, 3.63) is 41.5 Å². The molecule has 0 spiro atoms. The van der Waals surface area contributed by atoms with Crippen LogP contribution in [0.5, 0.6) is 0 Å². The Bertz CT molecular complexity index is 435. The Morgan fingerprint density at radius 3 is 2.76 bits per heavy atom. The van der Waals surface area contributed by atoms with Crippen molar-refractivity contribution in [2.75, 3.05) is 11.9 Å². The van der Waals surface area contributed by atoms with Gasteiger partial charge in [0.25, 0.3) is 6.43 Å². The first-order chi connectivity index (χ1) is 8.08. The number of nitrogens with zero attached hydrogens (tertiary/aromatic N) is 1. The van der Waals surface area contributed by atoms with Gasteiger partial charge in [0.2, 0.25) is 0 Å². The molecule has 92 valence electrons. The number of hydrogen-bond donors (Lipinski definition) is 3. The minimum absolute atomic E-state index is 0.0212. The van der Waals surface area contributed by atoms with Gasteiger partial charge in [-0.15, -0.1) is 0 Å². The maximum absolute atomic E-state index is 12.9. The molecule has 0 fully saturated rings. The van der Waals surface area contributed by atoms with Crippen molar-refractivity contribution in [3.8, 4) is 0 Å². The van der Waals surface area contributed by atoms with Gasteiger partial charge >= 0.3 is 0 Å². The van der Waals surface area contributed by atoms with Gasteiger partial charge in [0.15, 0.2) is 0 Å². The Hall–Kier alpha value is -1.89. The van der Waals surface area contributed by atoms with Crippen LogP contribution in [0, 0.1) is 11.3 Å². The van der Waals surface area contributed by atoms with Crippen molar-refractivity contribution in [2.45, 2.75) is 6.43 Å². The highest BCUT2D eigenvalue weighted by Crippen LogP contribution is 2.25. The summed E-state index contributed by atoms with van der Waals surface area (Å²) in [6.07, 6.45) is -1.73.